The standard InChI is InChI=1S/C13H15O3.ClHO4/c1-8-5-10-6-12(14-3)13(15-4)7-11(10)9(2)16-8;2-1(3,4)5/h5-7H,1-4H3;(H,2,3,4,5)/q+1;/p-1. The maximum absolute atomic E-state index is 8.49. The molecule has 1 aromatic heterocycles. The van der Waals surface area contributed by atoms with Crippen LogP contribution in [0.25, 0.3) is 10.8 Å². The SMILES string of the molecule is COc1cc2cc(C)[o+]c(C)c2cc1OC.[O-][Cl+3]([O-])([O-])[O-]. The smallest absolute Gasteiger partial charge is 0.334 e. The lowest BCUT2D eigenvalue weighted by Crippen LogP contribution is -2.68. The Balaban J connectivity index is 0.000000383. The maximum Gasteiger partial charge on any atom is 0.334 e. The number of halogens is 1. The minimum absolute atomic E-state index is 0.720. The van der Waals surface area contributed by atoms with E-state index in [0.717, 1.165) is 33.8 Å². The van der Waals surface area contributed by atoms with E-state index < -0.39 is 10.2 Å². The summed E-state index contributed by atoms with van der Waals surface area (Å²) >= 11 is 0. The average Bonchev–Trinajstić information content (AvgIpc) is 2.35. The highest BCUT2D eigenvalue weighted by Crippen LogP contribution is 2.33. The van der Waals surface area contributed by atoms with Crippen molar-refractivity contribution in [3.8, 4) is 11.5 Å². The second kappa shape index (κ2) is 6.88. The van der Waals surface area contributed by atoms with Crippen molar-refractivity contribution in [2.75, 3.05) is 14.2 Å². The van der Waals surface area contributed by atoms with E-state index in [0.29, 0.717) is 0 Å². The van der Waals surface area contributed by atoms with Crippen molar-refractivity contribution >= 4 is 10.8 Å². The average molecular weight is 319 g/mol. The lowest BCUT2D eigenvalue weighted by molar-refractivity contribution is -2.00. The van der Waals surface area contributed by atoms with E-state index in [1.807, 2.05) is 32.0 Å². The first-order valence-corrected chi connectivity index (χ1v) is 6.97. The summed E-state index contributed by atoms with van der Waals surface area (Å²) in [6.07, 6.45) is 0. The van der Waals surface area contributed by atoms with E-state index in [1.54, 1.807) is 14.2 Å². The van der Waals surface area contributed by atoms with Gasteiger partial charge in [0, 0.05) is 17.5 Å². The van der Waals surface area contributed by atoms with Crippen molar-refractivity contribution in [2.24, 2.45) is 0 Å². The second-order valence-corrected chi connectivity index (χ2v) is 4.84. The van der Waals surface area contributed by atoms with E-state index in [1.165, 1.54) is 0 Å². The van der Waals surface area contributed by atoms with Crippen LogP contribution in [0.3, 0.4) is 0 Å². The Hall–Kier alpha value is -1.64. The molecular formula is C13H15ClO7. The van der Waals surface area contributed by atoms with E-state index >= 15 is 0 Å². The zero-order valence-corrected chi connectivity index (χ0v) is 12.7. The predicted octanol–water partition coefficient (Wildman–Crippen LogP) is -1.41. The lowest BCUT2D eigenvalue weighted by atomic mass is 10.1. The van der Waals surface area contributed by atoms with Crippen LogP contribution in [-0.4, -0.2) is 14.2 Å². The molecule has 0 atom stereocenters. The largest absolute Gasteiger partial charge is 0.493 e. The summed E-state index contributed by atoms with van der Waals surface area (Å²) in [6, 6.07) is 5.89. The summed E-state index contributed by atoms with van der Waals surface area (Å²) in [5.74, 6) is 3.23. The minimum Gasteiger partial charge on any atom is -0.493 e. The van der Waals surface area contributed by atoms with Gasteiger partial charge in [-0.1, -0.05) is 0 Å². The lowest BCUT2D eigenvalue weighted by Gasteiger charge is -2.17. The fourth-order valence-electron chi connectivity index (χ4n) is 1.86. The zero-order valence-electron chi connectivity index (χ0n) is 12.0. The number of aryl methyl sites for hydroxylation is 2. The molecule has 21 heavy (non-hydrogen) atoms. The summed E-state index contributed by atoms with van der Waals surface area (Å²) in [4.78, 5) is 0. The molecule has 0 saturated carbocycles. The number of fused-ring (bicyclic) bond motifs is 1. The molecule has 0 amide bonds. The van der Waals surface area contributed by atoms with Crippen molar-refractivity contribution < 1.29 is 42.8 Å². The molecule has 0 fully saturated rings. The van der Waals surface area contributed by atoms with Crippen LogP contribution in [0, 0.1) is 24.1 Å². The monoisotopic (exact) mass is 318 g/mol. The molecule has 0 N–H and O–H groups in total. The Bertz CT molecular complexity index is 616. The third-order valence-electron chi connectivity index (χ3n) is 2.61. The van der Waals surface area contributed by atoms with Crippen molar-refractivity contribution in [3.63, 3.8) is 0 Å². The van der Waals surface area contributed by atoms with Gasteiger partial charge in [0.15, 0.2) is 11.5 Å². The van der Waals surface area contributed by atoms with Gasteiger partial charge in [-0.15, -0.1) is 10.2 Å². The maximum atomic E-state index is 8.49. The molecule has 2 aromatic rings. The summed E-state index contributed by atoms with van der Waals surface area (Å²) in [5.41, 5.74) is 0. The molecule has 1 aromatic carbocycles. The first kappa shape index (κ1) is 17.4. The molecular weight excluding hydrogens is 304 g/mol. The third-order valence-corrected chi connectivity index (χ3v) is 2.61. The van der Waals surface area contributed by atoms with Gasteiger partial charge in [-0.05, 0) is 6.07 Å². The number of methoxy groups -OCH3 is 2. The minimum atomic E-state index is -4.94. The molecule has 0 saturated heterocycles. The summed E-state index contributed by atoms with van der Waals surface area (Å²) in [7, 11) is -1.68. The number of ether oxygens (including phenoxy) is 2. The molecule has 7 nitrogen and oxygen atoms in total. The number of hydrogen-bond acceptors (Lipinski definition) is 6. The van der Waals surface area contributed by atoms with Crippen LogP contribution in [0.5, 0.6) is 11.5 Å². The van der Waals surface area contributed by atoms with Crippen LogP contribution in [0.1, 0.15) is 11.5 Å². The molecule has 0 bridgehead atoms. The van der Waals surface area contributed by atoms with E-state index in [-0.39, 0.29) is 0 Å². The van der Waals surface area contributed by atoms with E-state index in [2.05, 4.69) is 0 Å². The van der Waals surface area contributed by atoms with E-state index in [4.69, 9.17) is 32.5 Å². The van der Waals surface area contributed by atoms with Crippen molar-refractivity contribution in [1.82, 2.24) is 0 Å². The van der Waals surface area contributed by atoms with Crippen LogP contribution in [-0.2, 0) is 0 Å². The highest BCUT2D eigenvalue weighted by atomic mass is 35.7. The van der Waals surface area contributed by atoms with Crippen molar-refractivity contribution in [3.05, 3.63) is 29.7 Å². The Morgan fingerprint density at radius 2 is 1.38 bits per heavy atom. The molecule has 2 rings (SSSR count). The Morgan fingerprint density at radius 3 is 1.86 bits per heavy atom. The first-order valence-electron chi connectivity index (χ1n) is 5.73. The molecule has 0 unspecified atom stereocenters. The molecule has 1 heterocycles. The van der Waals surface area contributed by atoms with Gasteiger partial charge in [-0.25, -0.2) is 23.1 Å². The molecule has 0 spiro atoms. The molecule has 0 radical (unpaired) electrons. The van der Waals surface area contributed by atoms with Gasteiger partial charge < -0.3 is 9.47 Å². The van der Waals surface area contributed by atoms with Gasteiger partial charge >= 0.3 is 11.5 Å². The van der Waals surface area contributed by atoms with Gasteiger partial charge in [-0.2, -0.15) is 0 Å². The van der Waals surface area contributed by atoms with Crippen LogP contribution in [0.15, 0.2) is 22.6 Å². The number of rotatable bonds is 2. The van der Waals surface area contributed by atoms with Crippen LogP contribution in [0.4, 0.5) is 0 Å². The van der Waals surface area contributed by atoms with Gasteiger partial charge in [0.05, 0.1) is 33.5 Å². The van der Waals surface area contributed by atoms with Gasteiger partial charge in [0.2, 0.25) is 0 Å². The molecule has 116 valence electrons. The molecule has 0 aliphatic carbocycles. The van der Waals surface area contributed by atoms with Gasteiger partial charge in [0.25, 0.3) is 0 Å². The first-order chi connectivity index (χ1) is 9.65. The number of hydrogen-bond donors (Lipinski definition) is 0. The Labute approximate surface area is 123 Å². The quantitative estimate of drug-likeness (QED) is 0.623. The predicted molar refractivity (Wildman–Crippen MR) is 63.2 cm³/mol. The second-order valence-electron chi connectivity index (χ2n) is 4.09. The summed E-state index contributed by atoms with van der Waals surface area (Å²) in [6.45, 7) is 3.88. The van der Waals surface area contributed by atoms with Crippen molar-refractivity contribution in [2.45, 2.75) is 13.8 Å². The van der Waals surface area contributed by atoms with Crippen LogP contribution in [0.2, 0.25) is 0 Å². The van der Waals surface area contributed by atoms with Crippen molar-refractivity contribution in [1.29, 1.82) is 0 Å². The van der Waals surface area contributed by atoms with Crippen LogP contribution >= 0.6 is 0 Å². The third kappa shape index (κ3) is 5.33. The normalized spacial score (nSPS) is 10.9. The summed E-state index contributed by atoms with van der Waals surface area (Å²) < 4.78 is 50.1. The fourth-order valence-corrected chi connectivity index (χ4v) is 1.86. The van der Waals surface area contributed by atoms with Gasteiger partial charge in [-0.3, -0.25) is 0 Å². The highest BCUT2D eigenvalue weighted by Gasteiger charge is 2.15. The number of benzene rings is 1. The highest BCUT2D eigenvalue weighted by molar-refractivity contribution is 5.87. The fraction of sp³-hybridized carbons (Fsp3) is 0.308. The Morgan fingerprint density at radius 1 is 0.905 bits per heavy atom. The summed E-state index contributed by atoms with van der Waals surface area (Å²) in [5, 5.41) is 2.14. The van der Waals surface area contributed by atoms with E-state index in [9.17, 15) is 0 Å². The van der Waals surface area contributed by atoms with Gasteiger partial charge in [0.1, 0.15) is 0 Å². The zero-order chi connectivity index (χ0) is 16.2. The Kier molecular flexibility index (Phi) is 5.70. The molecule has 8 heteroatoms. The molecule has 0 aliphatic rings. The van der Waals surface area contributed by atoms with Crippen LogP contribution < -0.4 is 28.1 Å². The molecule has 0 aliphatic heterocycles. The topological polar surface area (TPSA) is 122 Å².